The fourth-order valence-corrected chi connectivity index (χ4v) is 4.45. The molecule has 0 aliphatic heterocycles. The van der Waals surface area contributed by atoms with Crippen molar-refractivity contribution in [2.45, 2.75) is 23.9 Å². The molecule has 2 heterocycles. The molecule has 1 unspecified atom stereocenters. The van der Waals surface area contributed by atoms with Gasteiger partial charge >= 0.3 is 0 Å². The van der Waals surface area contributed by atoms with Crippen molar-refractivity contribution in [1.29, 1.82) is 0 Å². The summed E-state index contributed by atoms with van der Waals surface area (Å²) in [7, 11) is 1.63. The Balaban J connectivity index is 1.67. The summed E-state index contributed by atoms with van der Waals surface area (Å²) in [5.74, 6) is 1.77. The largest absolute Gasteiger partial charge is 0.497 e. The lowest BCUT2D eigenvalue weighted by molar-refractivity contribution is 0.0910. The molecular formula is C23H20Cl2N4O3S. The van der Waals surface area contributed by atoms with Gasteiger partial charge in [0.2, 0.25) is 0 Å². The lowest BCUT2D eigenvalue weighted by Crippen LogP contribution is -2.28. The van der Waals surface area contributed by atoms with Gasteiger partial charge < -0.3 is 14.5 Å². The van der Waals surface area contributed by atoms with Crippen molar-refractivity contribution in [3.8, 4) is 11.4 Å². The van der Waals surface area contributed by atoms with Crippen LogP contribution in [0.1, 0.15) is 34.9 Å². The highest BCUT2D eigenvalue weighted by Crippen LogP contribution is 2.33. The fraction of sp³-hybridized carbons (Fsp3) is 0.174. The van der Waals surface area contributed by atoms with Gasteiger partial charge in [-0.1, -0.05) is 47.1 Å². The molecule has 0 radical (unpaired) electrons. The van der Waals surface area contributed by atoms with Gasteiger partial charge in [0.15, 0.2) is 16.7 Å². The van der Waals surface area contributed by atoms with E-state index in [4.69, 9.17) is 32.4 Å². The molecule has 4 rings (SSSR count). The van der Waals surface area contributed by atoms with Crippen LogP contribution in [-0.2, 0) is 5.75 Å². The first kappa shape index (κ1) is 23.2. The molecule has 7 nitrogen and oxygen atoms in total. The van der Waals surface area contributed by atoms with E-state index in [2.05, 4.69) is 15.5 Å². The molecule has 2 aromatic heterocycles. The van der Waals surface area contributed by atoms with Crippen molar-refractivity contribution in [2.75, 3.05) is 7.11 Å². The first-order valence-electron chi connectivity index (χ1n) is 9.97. The number of ether oxygens (including phenoxy) is 1. The SMILES string of the molecule is COc1cccc(CSc2nnc(C(C)NC(=O)c3ccco3)n2-c2cc(Cl)ccc2Cl)c1. The lowest BCUT2D eigenvalue weighted by atomic mass is 10.2. The summed E-state index contributed by atoms with van der Waals surface area (Å²) in [6.07, 6.45) is 1.45. The Bertz CT molecular complexity index is 1260. The van der Waals surface area contributed by atoms with Crippen molar-refractivity contribution in [2.24, 2.45) is 0 Å². The van der Waals surface area contributed by atoms with Gasteiger partial charge in [0.05, 0.1) is 30.1 Å². The normalized spacial score (nSPS) is 11.9. The average Bonchev–Trinajstić information content (AvgIpc) is 3.50. The predicted octanol–water partition coefficient (Wildman–Crippen LogP) is 5.96. The number of furan rings is 1. The van der Waals surface area contributed by atoms with Crippen LogP contribution in [0.15, 0.2) is 70.4 Å². The molecule has 0 saturated carbocycles. The van der Waals surface area contributed by atoms with Crippen LogP contribution < -0.4 is 10.1 Å². The Morgan fingerprint density at radius 2 is 2.03 bits per heavy atom. The molecule has 1 amide bonds. The maximum absolute atomic E-state index is 12.5. The molecule has 0 aliphatic carbocycles. The number of halogens is 2. The Hall–Kier alpha value is -2.94. The minimum Gasteiger partial charge on any atom is -0.497 e. The van der Waals surface area contributed by atoms with E-state index in [-0.39, 0.29) is 11.7 Å². The van der Waals surface area contributed by atoms with Gasteiger partial charge in [-0.3, -0.25) is 9.36 Å². The van der Waals surface area contributed by atoms with Gasteiger partial charge in [0.1, 0.15) is 5.75 Å². The van der Waals surface area contributed by atoms with E-state index >= 15 is 0 Å². The Morgan fingerprint density at radius 1 is 1.18 bits per heavy atom. The van der Waals surface area contributed by atoms with Crippen molar-refractivity contribution >= 4 is 40.9 Å². The Labute approximate surface area is 205 Å². The first-order chi connectivity index (χ1) is 16.0. The number of rotatable bonds is 8. The average molecular weight is 503 g/mol. The smallest absolute Gasteiger partial charge is 0.287 e. The molecule has 10 heteroatoms. The molecular weight excluding hydrogens is 483 g/mol. The molecule has 0 fully saturated rings. The molecule has 0 saturated heterocycles. The number of nitrogens with zero attached hydrogens (tertiary/aromatic N) is 3. The molecule has 170 valence electrons. The van der Waals surface area contributed by atoms with Crippen LogP contribution >= 0.6 is 35.0 Å². The minimum absolute atomic E-state index is 0.210. The fourth-order valence-electron chi connectivity index (χ4n) is 3.19. The number of amides is 1. The second kappa shape index (κ2) is 10.3. The molecule has 1 N–H and O–H groups in total. The maximum atomic E-state index is 12.5. The summed E-state index contributed by atoms with van der Waals surface area (Å²) < 4.78 is 12.3. The minimum atomic E-state index is -0.490. The zero-order valence-electron chi connectivity index (χ0n) is 17.8. The number of aromatic nitrogens is 3. The molecule has 0 bridgehead atoms. The van der Waals surface area contributed by atoms with E-state index < -0.39 is 6.04 Å². The molecule has 0 spiro atoms. The van der Waals surface area contributed by atoms with Crippen molar-refractivity contribution in [1.82, 2.24) is 20.1 Å². The second-order valence-electron chi connectivity index (χ2n) is 7.08. The molecule has 2 aromatic carbocycles. The van der Waals surface area contributed by atoms with Gasteiger partial charge in [-0.2, -0.15) is 0 Å². The van der Waals surface area contributed by atoms with E-state index in [1.807, 2.05) is 35.8 Å². The van der Waals surface area contributed by atoms with E-state index in [0.717, 1.165) is 11.3 Å². The molecule has 33 heavy (non-hydrogen) atoms. The van der Waals surface area contributed by atoms with Crippen molar-refractivity contribution in [3.05, 3.63) is 88.1 Å². The van der Waals surface area contributed by atoms with Gasteiger partial charge in [-0.05, 0) is 55.0 Å². The van der Waals surface area contributed by atoms with Gasteiger partial charge in [0.25, 0.3) is 5.91 Å². The predicted molar refractivity (Wildman–Crippen MR) is 129 cm³/mol. The highest BCUT2D eigenvalue weighted by Gasteiger charge is 2.23. The summed E-state index contributed by atoms with van der Waals surface area (Å²) in [6.45, 7) is 1.82. The number of methoxy groups -OCH3 is 1. The van der Waals surface area contributed by atoms with Crippen LogP contribution in [0.5, 0.6) is 5.75 Å². The molecule has 0 aliphatic rings. The van der Waals surface area contributed by atoms with E-state index in [1.165, 1.54) is 18.0 Å². The standard InChI is InChI=1S/C23H20Cl2N4O3S/c1-14(26-22(30)20-7-4-10-32-20)21-27-28-23(29(21)19-12-16(24)8-9-18(19)25)33-13-15-5-3-6-17(11-15)31-2/h3-12,14H,13H2,1-2H3,(H,26,30). The van der Waals surface area contributed by atoms with Crippen molar-refractivity contribution in [3.63, 3.8) is 0 Å². The summed E-state index contributed by atoms with van der Waals surface area (Å²) in [5.41, 5.74) is 1.68. The number of hydrogen-bond acceptors (Lipinski definition) is 6. The van der Waals surface area contributed by atoms with Gasteiger partial charge in [0, 0.05) is 10.8 Å². The molecule has 4 aromatic rings. The lowest BCUT2D eigenvalue weighted by Gasteiger charge is -2.17. The van der Waals surface area contributed by atoms with E-state index in [0.29, 0.717) is 32.5 Å². The number of benzene rings is 2. The third kappa shape index (κ3) is 5.35. The van der Waals surface area contributed by atoms with Crippen LogP contribution in [0, 0.1) is 0 Å². The van der Waals surface area contributed by atoms with E-state index in [9.17, 15) is 4.79 Å². The van der Waals surface area contributed by atoms with Gasteiger partial charge in [-0.25, -0.2) is 0 Å². The number of carbonyl (C=O) groups is 1. The Morgan fingerprint density at radius 3 is 2.79 bits per heavy atom. The Kier molecular flexibility index (Phi) is 7.27. The van der Waals surface area contributed by atoms with Crippen LogP contribution in [0.4, 0.5) is 0 Å². The maximum Gasteiger partial charge on any atom is 0.287 e. The quantitative estimate of drug-likeness (QED) is 0.299. The monoisotopic (exact) mass is 502 g/mol. The van der Waals surface area contributed by atoms with E-state index in [1.54, 1.807) is 37.4 Å². The molecule has 1 atom stereocenters. The van der Waals surface area contributed by atoms with Crippen molar-refractivity contribution < 1.29 is 13.9 Å². The van der Waals surface area contributed by atoms with Crippen LogP contribution in [0.3, 0.4) is 0 Å². The topological polar surface area (TPSA) is 82.2 Å². The zero-order chi connectivity index (χ0) is 23.4. The number of carbonyl (C=O) groups excluding carboxylic acids is 1. The number of thioether (sulfide) groups is 1. The number of hydrogen-bond donors (Lipinski definition) is 1. The number of nitrogens with one attached hydrogen (secondary N) is 1. The third-order valence-electron chi connectivity index (χ3n) is 4.79. The highest BCUT2D eigenvalue weighted by atomic mass is 35.5. The van der Waals surface area contributed by atoms with Crippen LogP contribution in [0.25, 0.3) is 5.69 Å². The summed E-state index contributed by atoms with van der Waals surface area (Å²) in [6, 6.07) is 15.7. The van der Waals surface area contributed by atoms with Crippen LogP contribution in [0.2, 0.25) is 10.0 Å². The van der Waals surface area contributed by atoms with Gasteiger partial charge in [-0.15, -0.1) is 10.2 Å². The summed E-state index contributed by atoms with van der Waals surface area (Å²) in [4.78, 5) is 12.5. The third-order valence-corrected chi connectivity index (χ3v) is 6.34. The summed E-state index contributed by atoms with van der Waals surface area (Å²) in [5, 5.41) is 13.2. The first-order valence-corrected chi connectivity index (χ1v) is 11.7. The zero-order valence-corrected chi connectivity index (χ0v) is 20.1. The highest BCUT2D eigenvalue weighted by molar-refractivity contribution is 7.98. The second-order valence-corrected chi connectivity index (χ2v) is 8.87. The summed E-state index contributed by atoms with van der Waals surface area (Å²) >= 11 is 14.3. The van der Waals surface area contributed by atoms with Crippen LogP contribution in [-0.4, -0.2) is 27.8 Å².